The van der Waals surface area contributed by atoms with E-state index in [1.165, 1.54) is 23.5 Å². The van der Waals surface area contributed by atoms with Crippen molar-refractivity contribution in [2.45, 2.75) is 13.5 Å². The predicted molar refractivity (Wildman–Crippen MR) is 105 cm³/mol. The smallest absolute Gasteiger partial charge is 0.324 e. The molecule has 0 aliphatic rings. The van der Waals surface area contributed by atoms with Gasteiger partial charge in [-0.15, -0.1) is 0 Å². The van der Waals surface area contributed by atoms with Crippen molar-refractivity contribution in [3.63, 3.8) is 0 Å². The maximum atomic E-state index is 12.4. The second kappa shape index (κ2) is 8.21. The van der Waals surface area contributed by atoms with Crippen molar-refractivity contribution in [3.05, 3.63) is 54.6 Å². The Morgan fingerprint density at radius 3 is 2.85 bits per heavy atom. The third kappa shape index (κ3) is 4.09. The number of fused-ring (bicyclic) bond motifs is 1. The minimum absolute atomic E-state index is 0.0759. The number of thiazole rings is 1. The lowest BCUT2D eigenvalue weighted by Gasteiger charge is -2.05. The molecule has 136 valence electrons. The van der Waals surface area contributed by atoms with Gasteiger partial charge in [-0.25, -0.2) is 0 Å². The van der Waals surface area contributed by atoms with Gasteiger partial charge in [-0.2, -0.15) is 4.99 Å². The Bertz CT molecular complexity index is 1040. The lowest BCUT2D eigenvalue weighted by molar-refractivity contribution is -0.380. The quantitative estimate of drug-likeness (QED) is 0.316. The first-order chi connectivity index (χ1) is 12.5. The number of rotatable bonds is 6. The molecule has 0 saturated heterocycles. The van der Waals surface area contributed by atoms with Crippen molar-refractivity contribution < 1.29 is 14.5 Å². The third-order valence-corrected chi connectivity index (χ3v) is 6.05. The summed E-state index contributed by atoms with van der Waals surface area (Å²) >= 11 is 5.67. The van der Waals surface area contributed by atoms with Crippen LogP contribution in [0.4, 0.5) is 5.00 Å². The zero-order valence-corrected chi connectivity index (χ0v) is 16.9. The van der Waals surface area contributed by atoms with E-state index >= 15 is 0 Å². The summed E-state index contributed by atoms with van der Waals surface area (Å²) in [5, 5.41) is 10.7. The molecule has 0 N–H and O–H groups in total. The second-order valence-corrected chi connectivity index (χ2v) is 8.14. The van der Waals surface area contributed by atoms with Crippen molar-refractivity contribution in [1.82, 2.24) is 4.57 Å². The number of benzene rings is 1. The fourth-order valence-electron chi connectivity index (χ4n) is 2.33. The Morgan fingerprint density at radius 1 is 1.35 bits per heavy atom. The number of hydrogen-bond donors (Lipinski definition) is 0. The van der Waals surface area contributed by atoms with Gasteiger partial charge in [-0.05, 0) is 31.2 Å². The van der Waals surface area contributed by atoms with Gasteiger partial charge in [0.1, 0.15) is 4.88 Å². The Kier molecular flexibility index (Phi) is 5.97. The van der Waals surface area contributed by atoms with Crippen molar-refractivity contribution in [1.29, 1.82) is 0 Å². The fraction of sp³-hybridized carbons (Fsp3) is 0.250. The summed E-state index contributed by atoms with van der Waals surface area (Å²) in [5.74, 6) is -0.487. The molecule has 3 rings (SSSR count). The van der Waals surface area contributed by atoms with Gasteiger partial charge in [0.25, 0.3) is 5.91 Å². The molecular formula is C16H14BrN3O4S2. The molecule has 0 spiro atoms. The molecule has 0 bridgehead atoms. The van der Waals surface area contributed by atoms with E-state index in [1.54, 1.807) is 0 Å². The summed E-state index contributed by atoms with van der Waals surface area (Å²) in [6, 6.07) is 8.61. The number of carbonyl (C=O) groups is 1. The lowest BCUT2D eigenvalue weighted by atomic mass is 10.3. The number of hydrogen-bond acceptors (Lipinski definition) is 6. The SMILES string of the molecule is CCOCCn1c(=NC(=O)c2ccc([N+](=O)[O-])s2)sc2cc(Br)ccc21. The number of aromatic nitrogens is 1. The first-order valence-electron chi connectivity index (χ1n) is 7.69. The van der Waals surface area contributed by atoms with Gasteiger partial charge in [-0.1, -0.05) is 38.6 Å². The molecule has 0 atom stereocenters. The van der Waals surface area contributed by atoms with Crippen LogP contribution in [0.1, 0.15) is 16.6 Å². The van der Waals surface area contributed by atoms with Gasteiger partial charge in [0.05, 0.1) is 21.7 Å². The van der Waals surface area contributed by atoms with Crippen molar-refractivity contribution in [3.8, 4) is 0 Å². The Balaban J connectivity index is 2.03. The highest BCUT2D eigenvalue weighted by molar-refractivity contribution is 9.10. The molecule has 0 fully saturated rings. The minimum Gasteiger partial charge on any atom is -0.380 e. The van der Waals surface area contributed by atoms with Gasteiger partial charge < -0.3 is 9.30 Å². The first-order valence-corrected chi connectivity index (χ1v) is 10.1. The number of thiophene rings is 1. The molecule has 0 aliphatic carbocycles. The highest BCUT2D eigenvalue weighted by Gasteiger charge is 2.16. The van der Waals surface area contributed by atoms with E-state index < -0.39 is 10.8 Å². The monoisotopic (exact) mass is 455 g/mol. The van der Waals surface area contributed by atoms with E-state index in [9.17, 15) is 14.9 Å². The summed E-state index contributed by atoms with van der Waals surface area (Å²) in [5.41, 5.74) is 0.960. The van der Waals surface area contributed by atoms with Gasteiger partial charge in [0.15, 0.2) is 4.80 Å². The summed E-state index contributed by atoms with van der Waals surface area (Å²) < 4.78 is 9.29. The summed E-state index contributed by atoms with van der Waals surface area (Å²) in [6.45, 7) is 3.60. The largest absolute Gasteiger partial charge is 0.380 e. The second-order valence-electron chi connectivity index (χ2n) is 5.16. The highest BCUT2D eigenvalue weighted by atomic mass is 79.9. The number of ether oxygens (including phenoxy) is 1. The van der Waals surface area contributed by atoms with Crippen LogP contribution in [0.15, 0.2) is 39.8 Å². The normalized spacial score (nSPS) is 12.0. The van der Waals surface area contributed by atoms with Gasteiger partial charge in [0, 0.05) is 23.7 Å². The topological polar surface area (TPSA) is 86.7 Å². The molecule has 10 heteroatoms. The highest BCUT2D eigenvalue weighted by Crippen LogP contribution is 2.25. The van der Waals surface area contributed by atoms with Gasteiger partial charge in [0.2, 0.25) is 0 Å². The number of nitrogens with zero attached hydrogens (tertiary/aromatic N) is 3. The van der Waals surface area contributed by atoms with Crippen LogP contribution in [0.2, 0.25) is 0 Å². The van der Waals surface area contributed by atoms with E-state index in [1.807, 2.05) is 29.7 Å². The number of nitro groups is 1. The molecule has 0 aliphatic heterocycles. The molecule has 0 unspecified atom stereocenters. The molecule has 3 aromatic rings. The maximum absolute atomic E-state index is 12.4. The van der Waals surface area contributed by atoms with Crippen LogP contribution < -0.4 is 4.80 Å². The zero-order valence-electron chi connectivity index (χ0n) is 13.7. The van der Waals surface area contributed by atoms with Crippen LogP contribution in [0, 0.1) is 10.1 Å². The van der Waals surface area contributed by atoms with Crippen LogP contribution in [-0.2, 0) is 11.3 Å². The van der Waals surface area contributed by atoms with Crippen molar-refractivity contribution in [2.75, 3.05) is 13.2 Å². The molecule has 0 saturated carbocycles. The molecule has 1 amide bonds. The van der Waals surface area contributed by atoms with Crippen LogP contribution in [-0.4, -0.2) is 28.6 Å². The average Bonchev–Trinajstić information content (AvgIpc) is 3.20. The van der Waals surface area contributed by atoms with Crippen LogP contribution in [0.5, 0.6) is 0 Å². The molecule has 2 heterocycles. The molecule has 7 nitrogen and oxygen atoms in total. The van der Waals surface area contributed by atoms with Crippen LogP contribution >= 0.6 is 38.6 Å². The zero-order chi connectivity index (χ0) is 18.7. The van der Waals surface area contributed by atoms with Crippen LogP contribution in [0.25, 0.3) is 10.2 Å². The standard InChI is InChI=1S/C16H14BrN3O4S2/c1-2-24-8-7-19-11-4-3-10(17)9-13(11)26-16(19)18-15(21)12-5-6-14(25-12)20(22)23/h3-6,9H,2,7-8H2,1H3. The van der Waals surface area contributed by atoms with Crippen molar-refractivity contribution >= 4 is 59.7 Å². The van der Waals surface area contributed by atoms with E-state index in [0.29, 0.717) is 24.6 Å². The average molecular weight is 456 g/mol. The molecular weight excluding hydrogens is 442 g/mol. The number of halogens is 1. The molecule has 0 radical (unpaired) electrons. The maximum Gasteiger partial charge on any atom is 0.324 e. The first kappa shape index (κ1) is 18.9. The molecule has 26 heavy (non-hydrogen) atoms. The summed E-state index contributed by atoms with van der Waals surface area (Å²) in [6.07, 6.45) is 0. The third-order valence-electron chi connectivity index (χ3n) is 3.49. The minimum atomic E-state index is -0.513. The fourth-order valence-corrected chi connectivity index (χ4v) is 4.64. The molecule has 1 aromatic carbocycles. The summed E-state index contributed by atoms with van der Waals surface area (Å²) in [4.78, 5) is 27.7. The van der Waals surface area contributed by atoms with Crippen molar-refractivity contribution in [2.24, 2.45) is 4.99 Å². The van der Waals surface area contributed by atoms with E-state index in [-0.39, 0.29) is 9.88 Å². The van der Waals surface area contributed by atoms with Gasteiger partial charge in [-0.3, -0.25) is 14.9 Å². The molecule has 2 aromatic heterocycles. The Morgan fingerprint density at radius 2 is 2.15 bits per heavy atom. The number of amides is 1. The van der Waals surface area contributed by atoms with E-state index in [2.05, 4.69) is 20.9 Å². The van der Waals surface area contributed by atoms with E-state index in [0.717, 1.165) is 26.0 Å². The van der Waals surface area contributed by atoms with E-state index in [4.69, 9.17) is 4.74 Å². The lowest BCUT2D eigenvalue weighted by Crippen LogP contribution is -2.19. The van der Waals surface area contributed by atoms with Gasteiger partial charge >= 0.3 is 5.00 Å². The summed E-state index contributed by atoms with van der Waals surface area (Å²) in [7, 11) is 0. The predicted octanol–water partition coefficient (Wildman–Crippen LogP) is 4.21. The van der Waals surface area contributed by atoms with Crippen LogP contribution in [0.3, 0.4) is 0 Å². The Labute approximate surface area is 164 Å². The Hall–Kier alpha value is -1.88. The number of carbonyl (C=O) groups excluding carboxylic acids is 1.